The lowest BCUT2D eigenvalue weighted by Crippen LogP contribution is -2.30. The molecule has 1 aliphatic heterocycles. The third-order valence-electron chi connectivity index (χ3n) is 5.06. The summed E-state index contributed by atoms with van der Waals surface area (Å²) in [6, 6.07) is 13.6. The molecular weight excluding hydrogens is 332 g/mol. The van der Waals surface area contributed by atoms with E-state index < -0.39 is 0 Å². The van der Waals surface area contributed by atoms with Crippen molar-refractivity contribution in [1.29, 1.82) is 0 Å². The van der Waals surface area contributed by atoms with Gasteiger partial charge in [-0.3, -0.25) is 9.47 Å². The lowest BCUT2D eigenvalue weighted by Gasteiger charge is -2.26. The van der Waals surface area contributed by atoms with E-state index in [1.165, 1.54) is 0 Å². The van der Waals surface area contributed by atoms with Gasteiger partial charge in [0.2, 0.25) is 0 Å². The molecule has 0 unspecified atom stereocenters. The molecule has 1 fully saturated rings. The van der Waals surface area contributed by atoms with Gasteiger partial charge in [0.05, 0.1) is 26.4 Å². The molecule has 26 heavy (non-hydrogen) atoms. The van der Waals surface area contributed by atoms with Crippen molar-refractivity contribution < 1.29 is 13.9 Å². The van der Waals surface area contributed by atoms with Crippen molar-refractivity contribution in [1.82, 2.24) is 9.47 Å². The molecule has 0 aliphatic carbocycles. The molecule has 136 valence electrons. The first-order chi connectivity index (χ1) is 12.7. The minimum Gasteiger partial charge on any atom is -0.497 e. The lowest BCUT2D eigenvalue weighted by atomic mass is 10.0. The summed E-state index contributed by atoms with van der Waals surface area (Å²) in [5, 5.41) is 0. The fraction of sp³-hybridized carbons (Fsp3) is 0.350. The summed E-state index contributed by atoms with van der Waals surface area (Å²) in [5.41, 5.74) is 2.56. The quantitative estimate of drug-likeness (QED) is 0.703. The average molecular weight is 354 g/mol. The number of hydrogen-bond acceptors (Lipinski definition) is 5. The zero-order valence-electron chi connectivity index (χ0n) is 15.0. The molecule has 0 spiro atoms. The molecule has 3 aromatic rings. The molecule has 2 heterocycles. The molecule has 1 saturated heterocycles. The first-order valence-electron chi connectivity index (χ1n) is 8.75. The van der Waals surface area contributed by atoms with Crippen LogP contribution in [0.15, 0.2) is 51.7 Å². The third kappa shape index (κ3) is 2.86. The van der Waals surface area contributed by atoms with Crippen LogP contribution in [0.25, 0.3) is 11.1 Å². The fourth-order valence-electron chi connectivity index (χ4n) is 3.77. The zero-order valence-corrected chi connectivity index (χ0v) is 15.0. The molecule has 6 heteroatoms. The average Bonchev–Trinajstić information content (AvgIpc) is 3.26. The standard InChI is InChI=1S/C20H22N2O4/c1-24-14-9-10-15(19(12-14)25-2)16-7-5-11-21(16)13-22-17-6-3-4-8-18(17)26-20(22)23/h3-4,6,8-10,12,16H,5,7,11,13H2,1-2H3/t16-/m1/s1. The van der Waals surface area contributed by atoms with Gasteiger partial charge in [0, 0.05) is 24.2 Å². The Bertz CT molecular complexity index is 975. The Morgan fingerprint density at radius 3 is 2.81 bits per heavy atom. The van der Waals surface area contributed by atoms with Crippen molar-refractivity contribution >= 4 is 11.1 Å². The number of oxazole rings is 1. The van der Waals surface area contributed by atoms with Gasteiger partial charge < -0.3 is 13.9 Å². The van der Waals surface area contributed by atoms with Gasteiger partial charge in [0.25, 0.3) is 0 Å². The number of aromatic nitrogens is 1. The van der Waals surface area contributed by atoms with E-state index in [4.69, 9.17) is 13.9 Å². The van der Waals surface area contributed by atoms with Gasteiger partial charge in [0.1, 0.15) is 11.5 Å². The van der Waals surface area contributed by atoms with Crippen molar-refractivity contribution in [3.05, 3.63) is 58.6 Å². The number of rotatable bonds is 5. The Kier molecular flexibility index (Phi) is 4.42. The zero-order chi connectivity index (χ0) is 18.1. The SMILES string of the molecule is COc1ccc([C@H]2CCCN2Cn2c(=O)oc3ccccc32)c(OC)c1. The van der Waals surface area contributed by atoms with Crippen molar-refractivity contribution in [2.45, 2.75) is 25.6 Å². The Balaban J connectivity index is 1.67. The van der Waals surface area contributed by atoms with E-state index in [-0.39, 0.29) is 11.8 Å². The van der Waals surface area contributed by atoms with Crippen LogP contribution in [0.1, 0.15) is 24.4 Å². The van der Waals surface area contributed by atoms with Gasteiger partial charge in [-0.1, -0.05) is 18.2 Å². The number of para-hydroxylation sites is 2. The van der Waals surface area contributed by atoms with Gasteiger partial charge in [-0.05, 0) is 31.0 Å². The largest absolute Gasteiger partial charge is 0.497 e. The number of nitrogens with zero attached hydrogens (tertiary/aromatic N) is 2. The van der Waals surface area contributed by atoms with Crippen molar-refractivity contribution in [3.63, 3.8) is 0 Å². The van der Waals surface area contributed by atoms with Crippen LogP contribution in [-0.2, 0) is 6.67 Å². The second kappa shape index (κ2) is 6.88. The van der Waals surface area contributed by atoms with Gasteiger partial charge in [0.15, 0.2) is 5.58 Å². The van der Waals surface area contributed by atoms with Crippen LogP contribution in [0.5, 0.6) is 11.5 Å². The van der Waals surface area contributed by atoms with Crippen LogP contribution in [0.3, 0.4) is 0 Å². The van der Waals surface area contributed by atoms with Gasteiger partial charge in [-0.15, -0.1) is 0 Å². The highest BCUT2D eigenvalue weighted by Crippen LogP contribution is 2.39. The first-order valence-corrected chi connectivity index (χ1v) is 8.75. The van der Waals surface area contributed by atoms with Gasteiger partial charge in [-0.25, -0.2) is 4.79 Å². The van der Waals surface area contributed by atoms with E-state index in [1.807, 2.05) is 36.4 Å². The molecule has 0 N–H and O–H groups in total. The van der Waals surface area contributed by atoms with Crippen LogP contribution in [0.4, 0.5) is 0 Å². The smallest absolute Gasteiger partial charge is 0.421 e. The molecule has 1 aromatic heterocycles. The lowest BCUT2D eigenvalue weighted by molar-refractivity contribution is 0.194. The summed E-state index contributed by atoms with van der Waals surface area (Å²) in [5.74, 6) is 1.26. The highest BCUT2D eigenvalue weighted by Gasteiger charge is 2.29. The summed E-state index contributed by atoms with van der Waals surface area (Å²) in [7, 11) is 3.32. The van der Waals surface area contributed by atoms with Crippen molar-refractivity contribution in [2.75, 3.05) is 20.8 Å². The second-order valence-corrected chi connectivity index (χ2v) is 6.48. The van der Waals surface area contributed by atoms with E-state index >= 15 is 0 Å². The maximum atomic E-state index is 12.3. The highest BCUT2D eigenvalue weighted by atomic mass is 16.5. The molecule has 0 amide bonds. The molecule has 1 atom stereocenters. The Labute approximate surface area is 151 Å². The summed E-state index contributed by atoms with van der Waals surface area (Å²) < 4.78 is 17.9. The summed E-state index contributed by atoms with van der Waals surface area (Å²) in [6.07, 6.45) is 2.09. The van der Waals surface area contributed by atoms with E-state index in [2.05, 4.69) is 11.0 Å². The molecular formula is C20H22N2O4. The normalized spacial score (nSPS) is 17.7. The number of hydrogen-bond donors (Lipinski definition) is 0. The Morgan fingerprint density at radius 2 is 2.00 bits per heavy atom. The Morgan fingerprint density at radius 1 is 1.15 bits per heavy atom. The molecule has 2 aromatic carbocycles. The number of fused-ring (bicyclic) bond motifs is 1. The first kappa shape index (κ1) is 16.7. The number of likely N-dealkylation sites (tertiary alicyclic amines) is 1. The molecule has 0 radical (unpaired) electrons. The molecule has 6 nitrogen and oxygen atoms in total. The summed E-state index contributed by atoms with van der Waals surface area (Å²) in [4.78, 5) is 14.6. The number of benzene rings is 2. The van der Waals surface area contributed by atoms with E-state index in [9.17, 15) is 4.79 Å². The predicted octanol–water partition coefficient (Wildman–Crippen LogP) is 3.41. The van der Waals surface area contributed by atoms with Crippen molar-refractivity contribution in [3.8, 4) is 11.5 Å². The molecule has 0 bridgehead atoms. The van der Waals surface area contributed by atoms with Crippen LogP contribution >= 0.6 is 0 Å². The topological polar surface area (TPSA) is 56.8 Å². The third-order valence-corrected chi connectivity index (χ3v) is 5.06. The Hall–Kier alpha value is -2.73. The number of ether oxygens (including phenoxy) is 2. The van der Waals surface area contributed by atoms with Crippen molar-refractivity contribution in [2.24, 2.45) is 0 Å². The molecule has 4 rings (SSSR count). The fourth-order valence-corrected chi connectivity index (χ4v) is 3.77. The summed E-state index contributed by atoms with van der Waals surface area (Å²) in [6.45, 7) is 1.42. The van der Waals surface area contributed by atoms with Crippen LogP contribution in [0.2, 0.25) is 0 Å². The van der Waals surface area contributed by atoms with Gasteiger partial charge >= 0.3 is 5.76 Å². The minimum atomic E-state index is -0.321. The summed E-state index contributed by atoms with van der Waals surface area (Å²) >= 11 is 0. The highest BCUT2D eigenvalue weighted by molar-refractivity contribution is 5.72. The van der Waals surface area contributed by atoms with E-state index in [0.29, 0.717) is 12.3 Å². The van der Waals surface area contributed by atoms with E-state index in [0.717, 1.165) is 42.0 Å². The van der Waals surface area contributed by atoms with E-state index in [1.54, 1.807) is 18.8 Å². The second-order valence-electron chi connectivity index (χ2n) is 6.48. The van der Waals surface area contributed by atoms with Crippen LogP contribution in [-0.4, -0.2) is 30.2 Å². The monoisotopic (exact) mass is 354 g/mol. The molecule has 0 saturated carbocycles. The maximum Gasteiger partial charge on any atom is 0.421 e. The van der Waals surface area contributed by atoms with Gasteiger partial charge in [-0.2, -0.15) is 0 Å². The minimum absolute atomic E-state index is 0.191. The van der Waals surface area contributed by atoms with Crippen LogP contribution in [0, 0.1) is 0 Å². The maximum absolute atomic E-state index is 12.3. The predicted molar refractivity (Wildman–Crippen MR) is 98.7 cm³/mol. The number of methoxy groups -OCH3 is 2. The van der Waals surface area contributed by atoms with Crippen LogP contribution < -0.4 is 15.2 Å². The molecule has 1 aliphatic rings.